The van der Waals surface area contributed by atoms with Gasteiger partial charge in [0.2, 0.25) is 0 Å². The fraction of sp³-hybridized carbons (Fsp3) is 0.500. The third-order valence-electron chi connectivity index (χ3n) is 7.51. The van der Waals surface area contributed by atoms with Crippen molar-refractivity contribution in [3.05, 3.63) is 57.9 Å². The van der Waals surface area contributed by atoms with E-state index >= 15 is 0 Å². The lowest BCUT2D eigenvalue weighted by Crippen LogP contribution is -2.59. The molecule has 4 aromatic heterocycles. The van der Waals surface area contributed by atoms with Crippen LogP contribution in [-0.2, 0) is 13.5 Å². The molecule has 3 atom stereocenters. The Bertz CT molecular complexity index is 1510. The average Bonchev–Trinajstić information content (AvgIpc) is 3.47. The van der Waals surface area contributed by atoms with Crippen molar-refractivity contribution in [2.45, 2.75) is 65.1 Å². The third-order valence-corrected chi connectivity index (χ3v) is 7.51. The highest BCUT2D eigenvalue weighted by Gasteiger charge is 2.37. The van der Waals surface area contributed by atoms with Gasteiger partial charge in [-0.15, -0.1) is 0 Å². The van der Waals surface area contributed by atoms with Crippen molar-refractivity contribution >= 4 is 17.1 Å². The summed E-state index contributed by atoms with van der Waals surface area (Å²) >= 11 is 0. The molecule has 1 saturated heterocycles. The van der Waals surface area contributed by atoms with Crippen LogP contribution in [0.15, 0.2) is 35.3 Å². The third kappa shape index (κ3) is 4.03. The van der Waals surface area contributed by atoms with Crippen LogP contribution in [0.4, 0.5) is 5.82 Å². The van der Waals surface area contributed by atoms with Gasteiger partial charge in [0.25, 0.3) is 5.56 Å². The average molecular weight is 488 g/mol. The van der Waals surface area contributed by atoms with Crippen LogP contribution in [0.5, 0.6) is 0 Å². The summed E-state index contributed by atoms with van der Waals surface area (Å²) in [5.41, 5.74) is 4.13. The summed E-state index contributed by atoms with van der Waals surface area (Å²) in [6.07, 6.45) is 4.07. The van der Waals surface area contributed by atoms with Crippen molar-refractivity contribution in [3.8, 4) is 6.07 Å². The molecule has 0 radical (unpaired) electrons. The van der Waals surface area contributed by atoms with Crippen LogP contribution >= 0.6 is 0 Å². The van der Waals surface area contributed by atoms with Crippen molar-refractivity contribution in [1.82, 2.24) is 33.7 Å². The van der Waals surface area contributed by atoms with E-state index in [1.807, 2.05) is 34.3 Å². The molecule has 0 amide bonds. The van der Waals surface area contributed by atoms with Crippen LogP contribution in [-0.4, -0.2) is 58.9 Å². The number of hydrogen-bond donors (Lipinski definition) is 0. The topological polar surface area (TPSA) is 99.8 Å². The molecular formula is C26H33N9O. The molecule has 10 nitrogen and oxygen atoms in total. The quantitative estimate of drug-likeness (QED) is 0.412. The van der Waals surface area contributed by atoms with Gasteiger partial charge >= 0.3 is 0 Å². The standard InChI is InChI=1S/C26H33N9O/c1-6-20-16-33(25-13-26(36)31(5)24-12-19(10-11-27)29-35(24)25)21(7-2)15-32(20)18(4)22-8-9-23-28-17(3)14-34(23)30-22/h8-9,12-14,18,20-21H,6-7,10,15-16H2,1-5H3/t18?,20-,21+/m1/s1. The molecular weight excluding hydrogens is 454 g/mol. The molecule has 1 fully saturated rings. The van der Waals surface area contributed by atoms with E-state index in [0.717, 1.165) is 48.8 Å². The Morgan fingerprint density at radius 3 is 2.64 bits per heavy atom. The lowest BCUT2D eigenvalue weighted by molar-refractivity contribution is 0.0978. The maximum Gasteiger partial charge on any atom is 0.255 e. The van der Waals surface area contributed by atoms with Gasteiger partial charge in [-0.2, -0.15) is 15.5 Å². The molecule has 5 rings (SSSR count). The summed E-state index contributed by atoms with van der Waals surface area (Å²) in [6, 6.07) is 10.4. The van der Waals surface area contributed by atoms with Gasteiger partial charge in [-0.3, -0.25) is 14.3 Å². The molecule has 36 heavy (non-hydrogen) atoms. The number of piperazine rings is 1. The Labute approximate surface area is 210 Å². The Hall–Kier alpha value is -3.71. The maximum atomic E-state index is 12.9. The van der Waals surface area contributed by atoms with E-state index in [9.17, 15) is 10.1 Å². The minimum atomic E-state index is -0.0762. The van der Waals surface area contributed by atoms with Crippen LogP contribution in [0.1, 0.15) is 56.7 Å². The molecule has 1 aliphatic heterocycles. The van der Waals surface area contributed by atoms with Crippen molar-refractivity contribution in [2.24, 2.45) is 7.05 Å². The summed E-state index contributed by atoms with van der Waals surface area (Å²) in [5.74, 6) is 0.795. The number of aromatic nitrogens is 6. The lowest BCUT2D eigenvalue weighted by atomic mass is 9.99. The first-order valence-electron chi connectivity index (χ1n) is 12.7. The molecule has 5 heterocycles. The van der Waals surface area contributed by atoms with Crippen LogP contribution in [0.2, 0.25) is 0 Å². The zero-order valence-corrected chi connectivity index (χ0v) is 21.6. The first-order chi connectivity index (χ1) is 17.3. The fourth-order valence-electron chi connectivity index (χ4n) is 5.43. The summed E-state index contributed by atoms with van der Waals surface area (Å²) in [4.78, 5) is 22.3. The molecule has 1 aliphatic rings. The molecule has 10 heteroatoms. The normalized spacial score (nSPS) is 19.7. The molecule has 0 spiro atoms. The van der Waals surface area contributed by atoms with Crippen molar-refractivity contribution in [1.29, 1.82) is 5.26 Å². The van der Waals surface area contributed by atoms with Gasteiger partial charge in [-0.25, -0.2) is 14.0 Å². The first-order valence-corrected chi connectivity index (χ1v) is 12.7. The molecule has 4 aromatic rings. The van der Waals surface area contributed by atoms with Gasteiger partial charge in [-0.05, 0) is 38.8 Å². The zero-order chi connectivity index (χ0) is 25.6. The van der Waals surface area contributed by atoms with Gasteiger partial charge in [0.05, 0.1) is 41.8 Å². The molecule has 0 N–H and O–H groups in total. The van der Waals surface area contributed by atoms with Gasteiger partial charge in [0.15, 0.2) is 5.65 Å². The van der Waals surface area contributed by atoms with Crippen LogP contribution < -0.4 is 10.5 Å². The predicted octanol–water partition coefficient (Wildman–Crippen LogP) is 2.89. The van der Waals surface area contributed by atoms with Gasteiger partial charge in [0.1, 0.15) is 11.5 Å². The minimum Gasteiger partial charge on any atom is -0.351 e. The molecule has 0 aliphatic carbocycles. The highest BCUT2D eigenvalue weighted by Crippen LogP contribution is 2.31. The largest absolute Gasteiger partial charge is 0.351 e. The van der Waals surface area contributed by atoms with Gasteiger partial charge < -0.3 is 4.90 Å². The highest BCUT2D eigenvalue weighted by molar-refractivity contribution is 5.52. The second kappa shape index (κ2) is 9.39. The van der Waals surface area contributed by atoms with E-state index in [1.165, 1.54) is 0 Å². The van der Waals surface area contributed by atoms with Crippen molar-refractivity contribution in [2.75, 3.05) is 18.0 Å². The molecule has 0 saturated carbocycles. The SMILES string of the molecule is CC[C@H]1CN(C(C)c2ccc3nc(C)cn3n2)[C@H](CC)CN1c1cc(=O)n(C)c2cc(CC#N)nn12. The van der Waals surface area contributed by atoms with E-state index < -0.39 is 0 Å². The summed E-state index contributed by atoms with van der Waals surface area (Å²) in [6.45, 7) is 10.2. The smallest absolute Gasteiger partial charge is 0.255 e. The number of nitrogens with zero attached hydrogens (tertiary/aromatic N) is 9. The second-order valence-electron chi connectivity index (χ2n) is 9.73. The monoisotopic (exact) mass is 487 g/mol. The summed E-state index contributed by atoms with van der Waals surface area (Å²) in [7, 11) is 1.75. The van der Waals surface area contributed by atoms with Crippen LogP contribution in [0.25, 0.3) is 11.3 Å². The van der Waals surface area contributed by atoms with E-state index in [0.29, 0.717) is 11.3 Å². The Balaban J connectivity index is 1.50. The number of imidazole rings is 1. The molecule has 188 valence electrons. The van der Waals surface area contributed by atoms with E-state index in [-0.39, 0.29) is 30.1 Å². The van der Waals surface area contributed by atoms with E-state index in [2.05, 4.69) is 47.7 Å². The summed E-state index contributed by atoms with van der Waals surface area (Å²) < 4.78 is 5.29. The van der Waals surface area contributed by atoms with Gasteiger partial charge in [-0.1, -0.05) is 13.8 Å². The number of rotatable bonds is 6. The fourth-order valence-corrected chi connectivity index (χ4v) is 5.43. The summed E-state index contributed by atoms with van der Waals surface area (Å²) in [5, 5.41) is 18.7. The van der Waals surface area contributed by atoms with Crippen LogP contribution in [0, 0.1) is 18.3 Å². The molecule has 1 unspecified atom stereocenters. The number of hydrogen-bond acceptors (Lipinski definition) is 7. The van der Waals surface area contributed by atoms with Crippen molar-refractivity contribution in [3.63, 3.8) is 0 Å². The number of nitriles is 1. The number of fused-ring (bicyclic) bond motifs is 2. The minimum absolute atomic E-state index is 0.0762. The molecule has 0 bridgehead atoms. The van der Waals surface area contributed by atoms with Crippen molar-refractivity contribution < 1.29 is 0 Å². The zero-order valence-electron chi connectivity index (χ0n) is 21.6. The Kier molecular flexibility index (Phi) is 6.26. The highest BCUT2D eigenvalue weighted by atomic mass is 16.1. The van der Waals surface area contributed by atoms with E-state index in [4.69, 9.17) is 10.2 Å². The number of anilines is 1. The van der Waals surface area contributed by atoms with Gasteiger partial charge in [0, 0.05) is 44.4 Å². The Morgan fingerprint density at radius 2 is 1.92 bits per heavy atom. The maximum absolute atomic E-state index is 12.9. The second-order valence-corrected chi connectivity index (χ2v) is 9.73. The Morgan fingerprint density at radius 1 is 1.14 bits per heavy atom. The first kappa shape index (κ1) is 24.0. The predicted molar refractivity (Wildman–Crippen MR) is 138 cm³/mol. The number of aryl methyl sites for hydroxylation is 2. The van der Waals surface area contributed by atoms with Crippen LogP contribution in [0.3, 0.4) is 0 Å². The molecule has 0 aromatic carbocycles. The van der Waals surface area contributed by atoms with E-state index in [1.54, 1.807) is 17.7 Å². The lowest BCUT2D eigenvalue weighted by Gasteiger charge is -2.49.